The molecule has 0 saturated carbocycles. The summed E-state index contributed by atoms with van der Waals surface area (Å²) in [6.45, 7) is 1.78. The fourth-order valence-electron chi connectivity index (χ4n) is 4.90. The summed E-state index contributed by atoms with van der Waals surface area (Å²) in [6, 6.07) is 17.4. The summed E-state index contributed by atoms with van der Waals surface area (Å²) in [6.07, 6.45) is 4.38. The van der Waals surface area contributed by atoms with Crippen molar-refractivity contribution < 1.29 is 4.39 Å². The molecule has 0 spiro atoms. The molecule has 0 bridgehead atoms. The minimum absolute atomic E-state index is 0.0421. The Bertz CT molecular complexity index is 1780. The van der Waals surface area contributed by atoms with Gasteiger partial charge in [0.05, 0.1) is 45.1 Å². The first-order chi connectivity index (χ1) is 19.9. The van der Waals surface area contributed by atoms with E-state index in [-0.39, 0.29) is 22.7 Å². The molecular weight excluding hydrogens is 586 g/mol. The molecule has 1 unspecified atom stereocenters. The van der Waals surface area contributed by atoms with Gasteiger partial charge in [-0.3, -0.25) is 4.98 Å². The first kappa shape index (κ1) is 27.2. The summed E-state index contributed by atoms with van der Waals surface area (Å²) in [4.78, 5) is 4.42. The average molecular weight is 608 g/mol. The van der Waals surface area contributed by atoms with Crippen LogP contribution in [0.2, 0.25) is 15.1 Å². The number of rotatable bonds is 7. The number of fused-ring (bicyclic) bond motifs is 1. The number of anilines is 3. The van der Waals surface area contributed by atoms with Crippen molar-refractivity contribution in [1.29, 1.82) is 5.26 Å². The largest absolute Gasteiger partial charge is 0.373 e. The first-order valence-electron chi connectivity index (χ1n) is 12.8. The second-order valence-electron chi connectivity index (χ2n) is 9.67. The fourth-order valence-corrected chi connectivity index (χ4v) is 5.47. The van der Waals surface area contributed by atoms with Gasteiger partial charge in [0.15, 0.2) is 0 Å². The monoisotopic (exact) mass is 606 g/mol. The van der Waals surface area contributed by atoms with Crippen molar-refractivity contribution >= 4 is 62.8 Å². The molecule has 0 amide bonds. The highest BCUT2D eigenvalue weighted by atomic mass is 35.5. The number of nitrogens with zero attached hydrogens (tertiary/aromatic N) is 5. The quantitative estimate of drug-likeness (QED) is 0.179. The maximum Gasteiger partial charge on any atom is 0.141 e. The zero-order chi connectivity index (χ0) is 28.5. The third kappa shape index (κ3) is 5.65. The van der Waals surface area contributed by atoms with Gasteiger partial charge in [-0.2, -0.15) is 5.26 Å². The van der Waals surface area contributed by atoms with Crippen molar-refractivity contribution in [3.05, 3.63) is 105 Å². The SMILES string of the molecule is N#Cc1cnc2c(Cl)cc(NC(c3ccc(Cl)cc3)c3cn([C@@H]4CCNC4)nn3)cc2c1Nc1ccc(F)c(Cl)c1. The van der Waals surface area contributed by atoms with E-state index in [9.17, 15) is 9.65 Å². The lowest BCUT2D eigenvalue weighted by Crippen LogP contribution is -2.14. The highest BCUT2D eigenvalue weighted by molar-refractivity contribution is 6.36. The van der Waals surface area contributed by atoms with Gasteiger partial charge in [-0.25, -0.2) is 9.07 Å². The molecule has 12 heteroatoms. The minimum atomic E-state index is -0.541. The molecule has 206 valence electrons. The fraction of sp³-hybridized carbons (Fsp3) is 0.172. The maximum atomic E-state index is 13.8. The number of nitriles is 1. The third-order valence-corrected chi connectivity index (χ3v) is 7.81. The van der Waals surface area contributed by atoms with Crippen molar-refractivity contribution in [3.63, 3.8) is 0 Å². The van der Waals surface area contributed by atoms with Gasteiger partial charge in [-0.1, -0.05) is 52.1 Å². The van der Waals surface area contributed by atoms with E-state index in [2.05, 4.69) is 37.3 Å². The van der Waals surface area contributed by atoms with Crippen molar-refractivity contribution in [2.45, 2.75) is 18.5 Å². The predicted octanol–water partition coefficient (Wildman–Crippen LogP) is 7.28. The van der Waals surface area contributed by atoms with Crippen LogP contribution in [0.15, 0.2) is 67.0 Å². The van der Waals surface area contributed by atoms with Gasteiger partial charge in [0.1, 0.15) is 17.6 Å². The lowest BCUT2D eigenvalue weighted by molar-refractivity contribution is 0.476. The molecule has 1 aliphatic heterocycles. The highest BCUT2D eigenvalue weighted by Crippen LogP contribution is 2.37. The van der Waals surface area contributed by atoms with E-state index in [1.807, 2.05) is 41.2 Å². The van der Waals surface area contributed by atoms with Crippen molar-refractivity contribution in [2.24, 2.45) is 0 Å². The lowest BCUT2D eigenvalue weighted by atomic mass is 10.0. The molecular formula is C29H22Cl3FN8. The summed E-state index contributed by atoms with van der Waals surface area (Å²) in [5, 5.41) is 30.4. The Labute approximate surface area is 250 Å². The summed E-state index contributed by atoms with van der Waals surface area (Å²) < 4.78 is 15.7. The van der Waals surface area contributed by atoms with Gasteiger partial charge < -0.3 is 16.0 Å². The smallest absolute Gasteiger partial charge is 0.141 e. The minimum Gasteiger partial charge on any atom is -0.373 e. The van der Waals surface area contributed by atoms with Crippen LogP contribution in [0.25, 0.3) is 10.9 Å². The van der Waals surface area contributed by atoms with Gasteiger partial charge in [0.25, 0.3) is 0 Å². The molecule has 3 N–H and O–H groups in total. The number of hydrogen-bond donors (Lipinski definition) is 3. The zero-order valence-corrected chi connectivity index (χ0v) is 23.6. The molecule has 3 heterocycles. The Morgan fingerprint density at radius 2 is 1.85 bits per heavy atom. The molecule has 1 saturated heterocycles. The van der Waals surface area contributed by atoms with Crippen LogP contribution in [0.5, 0.6) is 0 Å². The molecule has 8 nitrogen and oxygen atoms in total. The molecule has 3 aromatic carbocycles. The Balaban J connectivity index is 1.42. The van der Waals surface area contributed by atoms with Gasteiger partial charge >= 0.3 is 0 Å². The average Bonchev–Trinajstić information content (AvgIpc) is 3.67. The zero-order valence-electron chi connectivity index (χ0n) is 21.4. The molecule has 1 fully saturated rings. The number of halogens is 4. The first-order valence-corrected chi connectivity index (χ1v) is 13.9. The van der Waals surface area contributed by atoms with Gasteiger partial charge in [0, 0.05) is 34.5 Å². The van der Waals surface area contributed by atoms with Gasteiger partial charge in [-0.05, 0) is 61.0 Å². The van der Waals surface area contributed by atoms with E-state index < -0.39 is 5.82 Å². The number of benzene rings is 3. The molecule has 2 atom stereocenters. The summed E-state index contributed by atoms with van der Waals surface area (Å²) in [5.41, 5.74) is 4.06. The summed E-state index contributed by atoms with van der Waals surface area (Å²) in [5.74, 6) is -0.541. The Morgan fingerprint density at radius 3 is 2.59 bits per heavy atom. The Morgan fingerprint density at radius 1 is 1.05 bits per heavy atom. The Kier molecular flexibility index (Phi) is 7.65. The van der Waals surface area contributed by atoms with E-state index >= 15 is 0 Å². The topological polar surface area (TPSA) is 103 Å². The van der Waals surface area contributed by atoms with E-state index in [4.69, 9.17) is 34.8 Å². The van der Waals surface area contributed by atoms with Crippen LogP contribution < -0.4 is 16.0 Å². The van der Waals surface area contributed by atoms with Crippen LogP contribution in [-0.2, 0) is 0 Å². The number of hydrogen-bond acceptors (Lipinski definition) is 7. The lowest BCUT2D eigenvalue weighted by Gasteiger charge is -2.20. The number of nitrogens with one attached hydrogen (secondary N) is 3. The Hall–Kier alpha value is -3.94. The van der Waals surface area contributed by atoms with Crippen molar-refractivity contribution in [2.75, 3.05) is 23.7 Å². The molecule has 1 aliphatic rings. The molecule has 6 rings (SSSR count). The standard InChI is InChI=1S/C29H22Cl3FN8/c30-18-3-1-16(2-4-18)28(26-15-41(40-39-26)21-7-8-35-14-21)38-20-9-22-27(37-19-5-6-25(33)23(31)10-19)17(12-34)13-36-29(22)24(32)11-20/h1-6,9-11,13,15,21,28,35,38H,7-8,14H2,(H,36,37)/t21-,28?/m1/s1. The van der Waals surface area contributed by atoms with Crippen molar-refractivity contribution in [3.8, 4) is 6.07 Å². The van der Waals surface area contributed by atoms with Gasteiger partial charge in [0.2, 0.25) is 0 Å². The molecule has 5 aromatic rings. The number of aromatic nitrogens is 4. The van der Waals surface area contributed by atoms with Crippen molar-refractivity contribution in [1.82, 2.24) is 25.3 Å². The molecule has 41 heavy (non-hydrogen) atoms. The number of pyridine rings is 1. The van der Waals surface area contributed by atoms with E-state index in [0.29, 0.717) is 38.0 Å². The van der Waals surface area contributed by atoms with Crippen LogP contribution in [0.1, 0.15) is 35.3 Å². The maximum absolute atomic E-state index is 13.8. The predicted molar refractivity (Wildman–Crippen MR) is 160 cm³/mol. The molecule has 0 radical (unpaired) electrons. The van der Waals surface area contributed by atoms with Crippen LogP contribution in [0.4, 0.5) is 21.5 Å². The van der Waals surface area contributed by atoms with E-state index in [0.717, 1.165) is 30.8 Å². The van der Waals surface area contributed by atoms with E-state index in [1.165, 1.54) is 24.4 Å². The van der Waals surface area contributed by atoms with Crippen LogP contribution >= 0.6 is 34.8 Å². The highest BCUT2D eigenvalue weighted by Gasteiger charge is 2.23. The molecule has 0 aliphatic carbocycles. The van der Waals surface area contributed by atoms with Crippen LogP contribution in [-0.4, -0.2) is 33.1 Å². The summed E-state index contributed by atoms with van der Waals surface area (Å²) >= 11 is 18.9. The van der Waals surface area contributed by atoms with Crippen LogP contribution in [0, 0.1) is 17.1 Å². The normalized spacial score (nSPS) is 15.5. The molecule has 2 aromatic heterocycles. The second-order valence-corrected chi connectivity index (χ2v) is 10.9. The van der Waals surface area contributed by atoms with Gasteiger partial charge in [-0.15, -0.1) is 5.10 Å². The second kappa shape index (κ2) is 11.5. The van der Waals surface area contributed by atoms with E-state index in [1.54, 1.807) is 6.07 Å². The third-order valence-electron chi connectivity index (χ3n) is 6.98. The summed E-state index contributed by atoms with van der Waals surface area (Å²) in [7, 11) is 0. The van der Waals surface area contributed by atoms with Crippen LogP contribution in [0.3, 0.4) is 0 Å².